The second-order valence-electron chi connectivity index (χ2n) is 6.55. The Kier molecular flexibility index (Phi) is 4.87. The number of piperidine rings is 1. The average Bonchev–Trinajstić information content (AvgIpc) is 2.96. The van der Waals surface area contributed by atoms with Gasteiger partial charge >= 0.3 is 0 Å². The number of aliphatic imine (C=N–C) groups is 1. The van der Waals surface area contributed by atoms with E-state index in [0.717, 1.165) is 44.0 Å². The molecule has 130 valence electrons. The van der Waals surface area contributed by atoms with Crippen molar-refractivity contribution in [2.24, 2.45) is 10.4 Å². The number of guanidine groups is 1. The molecule has 1 atom stereocenters. The van der Waals surface area contributed by atoms with E-state index in [-0.39, 0.29) is 11.3 Å². The molecule has 3 rings (SSSR count). The van der Waals surface area contributed by atoms with Gasteiger partial charge in [0.1, 0.15) is 0 Å². The van der Waals surface area contributed by atoms with Crippen molar-refractivity contribution < 1.29 is 9.53 Å². The summed E-state index contributed by atoms with van der Waals surface area (Å²) in [6.45, 7) is 3.19. The summed E-state index contributed by atoms with van der Waals surface area (Å²) in [5, 5.41) is 6.38. The van der Waals surface area contributed by atoms with E-state index in [4.69, 9.17) is 4.74 Å². The van der Waals surface area contributed by atoms with Gasteiger partial charge in [0.2, 0.25) is 11.8 Å². The lowest BCUT2D eigenvalue weighted by Gasteiger charge is -2.40. The van der Waals surface area contributed by atoms with Crippen molar-refractivity contribution >= 4 is 11.9 Å². The third-order valence-electron chi connectivity index (χ3n) is 4.85. The summed E-state index contributed by atoms with van der Waals surface area (Å²) in [7, 11) is 3.42. The number of carbonyl (C=O) groups excluding carboxylic acids is 1. The predicted octanol–water partition coefficient (Wildman–Crippen LogP) is 0.768. The molecule has 0 aliphatic carbocycles. The van der Waals surface area contributed by atoms with Crippen LogP contribution in [-0.2, 0) is 11.3 Å². The van der Waals surface area contributed by atoms with Gasteiger partial charge in [-0.1, -0.05) is 6.07 Å². The Bertz CT molecular complexity index is 633. The third kappa shape index (κ3) is 3.44. The number of methoxy groups -OCH3 is 1. The molecule has 2 aliphatic heterocycles. The van der Waals surface area contributed by atoms with Crippen LogP contribution in [0.4, 0.5) is 0 Å². The molecular weight excluding hydrogens is 306 g/mol. The molecule has 0 radical (unpaired) electrons. The minimum atomic E-state index is 0.0545. The SMILES string of the molecule is CN=C(NCc1cccnc1OC)N1CCCC2(CNC(=O)C2)C1. The molecule has 1 spiro atoms. The molecule has 0 bridgehead atoms. The summed E-state index contributed by atoms with van der Waals surface area (Å²) in [6, 6.07) is 3.89. The topological polar surface area (TPSA) is 78.9 Å². The monoisotopic (exact) mass is 331 g/mol. The van der Waals surface area contributed by atoms with E-state index < -0.39 is 0 Å². The van der Waals surface area contributed by atoms with Crippen molar-refractivity contribution in [1.82, 2.24) is 20.5 Å². The highest BCUT2D eigenvalue weighted by molar-refractivity contribution is 5.81. The molecule has 0 saturated carbocycles. The summed E-state index contributed by atoms with van der Waals surface area (Å²) >= 11 is 0. The average molecular weight is 331 g/mol. The number of pyridine rings is 1. The first kappa shape index (κ1) is 16.5. The van der Waals surface area contributed by atoms with Gasteiger partial charge in [-0.3, -0.25) is 9.79 Å². The van der Waals surface area contributed by atoms with Crippen LogP contribution in [0.1, 0.15) is 24.8 Å². The van der Waals surface area contributed by atoms with Gasteiger partial charge in [-0.25, -0.2) is 4.98 Å². The number of hydrogen-bond acceptors (Lipinski definition) is 4. The largest absolute Gasteiger partial charge is 0.481 e. The van der Waals surface area contributed by atoms with Gasteiger partial charge in [-0.2, -0.15) is 0 Å². The molecule has 0 aromatic carbocycles. The number of hydrogen-bond donors (Lipinski definition) is 2. The van der Waals surface area contributed by atoms with Crippen molar-refractivity contribution in [2.45, 2.75) is 25.8 Å². The van der Waals surface area contributed by atoms with Gasteiger partial charge in [-0.15, -0.1) is 0 Å². The van der Waals surface area contributed by atoms with Crippen LogP contribution in [-0.4, -0.2) is 55.5 Å². The summed E-state index contributed by atoms with van der Waals surface area (Å²) in [5.74, 6) is 1.65. The molecule has 2 saturated heterocycles. The fourth-order valence-electron chi connectivity index (χ4n) is 3.68. The highest BCUT2D eigenvalue weighted by Crippen LogP contribution is 2.36. The van der Waals surface area contributed by atoms with Crippen LogP contribution in [0.5, 0.6) is 5.88 Å². The maximum atomic E-state index is 11.6. The van der Waals surface area contributed by atoms with Gasteiger partial charge < -0.3 is 20.3 Å². The second-order valence-corrected chi connectivity index (χ2v) is 6.55. The summed E-state index contributed by atoms with van der Waals surface area (Å²) in [4.78, 5) is 22.5. The first-order chi connectivity index (χ1) is 11.7. The number of aromatic nitrogens is 1. The highest BCUT2D eigenvalue weighted by atomic mass is 16.5. The summed E-state index contributed by atoms with van der Waals surface area (Å²) in [6.07, 6.45) is 4.51. The van der Waals surface area contributed by atoms with E-state index in [1.54, 1.807) is 20.4 Å². The molecule has 7 heteroatoms. The first-order valence-corrected chi connectivity index (χ1v) is 8.36. The Morgan fingerprint density at radius 1 is 1.58 bits per heavy atom. The number of likely N-dealkylation sites (tertiary alicyclic amines) is 1. The molecular formula is C17H25N5O2. The van der Waals surface area contributed by atoms with E-state index in [1.807, 2.05) is 12.1 Å². The molecule has 1 unspecified atom stereocenters. The minimum absolute atomic E-state index is 0.0545. The fraction of sp³-hybridized carbons (Fsp3) is 0.588. The van der Waals surface area contributed by atoms with Crippen molar-refractivity contribution in [3.05, 3.63) is 23.9 Å². The molecule has 1 amide bonds. The lowest BCUT2D eigenvalue weighted by molar-refractivity contribution is -0.119. The lowest BCUT2D eigenvalue weighted by atomic mass is 9.79. The predicted molar refractivity (Wildman–Crippen MR) is 91.9 cm³/mol. The van der Waals surface area contributed by atoms with Crippen molar-refractivity contribution in [1.29, 1.82) is 0 Å². The normalized spacial score (nSPS) is 24.2. The van der Waals surface area contributed by atoms with Gasteiger partial charge in [0, 0.05) is 56.8 Å². The first-order valence-electron chi connectivity index (χ1n) is 8.36. The van der Waals surface area contributed by atoms with Crippen LogP contribution in [0.25, 0.3) is 0 Å². The van der Waals surface area contributed by atoms with Crippen LogP contribution in [0.15, 0.2) is 23.3 Å². The van der Waals surface area contributed by atoms with Crippen LogP contribution in [0, 0.1) is 5.41 Å². The zero-order valence-electron chi connectivity index (χ0n) is 14.3. The number of nitrogens with one attached hydrogen (secondary N) is 2. The van der Waals surface area contributed by atoms with Crippen molar-refractivity contribution in [2.75, 3.05) is 33.8 Å². The second kappa shape index (κ2) is 7.07. The fourth-order valence-corrected chi connectivity index (χ4v) is 3.68. The van der Waals surface area contributed by atoms with Crippen LogP contribution in [0.3, 0.4) is 0 Å². The highest BCUT2D eigenvalue weighted by Gasteiger charge is 2.42. The summed E-state index contributed by atoms with van der Waals surface area (Å²) in [5.41, 5.74) is 1.05. The van der Waals surface area contributed by atoms with Crippen molar-refractivity contribution in [3.63, 3.8) is 0 Å². The Morgan fingerprint density at radius 3 is 3.17 bits per heavy atom. The zero-order valence-corrected chi connectivity index (χ0v) is 14.3. The maximum absolute atomic E-state index is 11.6. The number of carbonyl (C=O) groups is 1. The molecule has 24 heavy (non-hydrogen) atoms. The van der Waals surface area contributed by atoms with Gasteiger partial charge in [-0.05, 0) is 18.9 Å². The quantitative estimate of drug-likeness (QED) is 0.632. The van der Waals surface area contributed by atoms with Gasteiger partial charge in [0.25, 0.3) is 0 Å². The maximum Gasteiger partial charge on any atom is 0.220 e. The van der Waals surface area contributed by atoms with E-state index in [1.165, 1.54) is 0 Å². The third-order valence-corrected chi connectivity index (χ3v) is 4.85. The molecule has 2 fully saturated rings. The Balaban J connectivity index is 1.65. The van der Waals surface area contributed by atoms with E-state index >= 15 is 0 Å². The molecule has 7 nitrogen and oxygen atoms in total. The lowest BCUT2D eigenvalue weighted by Crippen LogP contribution is -2.51. The smallest absolute Gasteiger partial charge is 0.220 e. The number of rotatable bonds is 3. The summed E-state index contributed by atoms with van der Waals surface area (Å²) < 4.78 is 5.29. The Labute approximate surface area is 142 Å². The van der Waals surface area contributed by atoms with E-state index in [0.29, 0.717) is 18.8 Å². The van der Waals surface area contributed by atoms with Crippen LogP contribution in [0.2, 0.25) is 0 Å². The Hall–Kier alpha value is -2.31. The van der Waals surface area contributed by atoms with Gasteiger partial charge in [0.15, 0.2) is 5.96 Å². The minimum Gasteiger partial charge on any atom is -0.481 e. The number of amides is 1. The van der Waals surface area contributed by atoms with Crippen LogP contribution < -0.4 is 15.4 Å². The zero-order chi connectivity index (χ0) is 17.0. The molecule has 2 N–H and O–H groups in total. The van der Waals surface area contributed by atoms with E-state index in [2.05, 4.69) is 25.5 Å². The van der Waals surface area contributed by atoms with Crippen molar-refractivity contribution in [3.8, 4) is 5.88 Å². The van der Waals surface area contributed by atoms with Gasteiger partial charge in [0.05, 0.1) is 7.11 Å². The molecule has 2 aliphatic rings. The Morgan fingerprint density at radius 2 is 2.46 bits per heavy atom. The van der Waals surface area contributed by atoms with E-state index in [9.17, 15) is 4.79 Å². The molecule has 3 heterocycles. The standard InChI is InChI=1S/C17H25N5O2/c1-18-16(20-10-13-5-3-7-19-15(13)24-2)22-8-4-6-17(12-22)9-14(23)21-11-17/h3,5,7H,4,6,8-12H2,1-2H3,(H,18,20)(H,21,23). The molecule has 1 aromatic heterocycles. The molecule has 1 aromatic rings. The number of nitrogens with zero attached hydrogens (tertiary/aromatic N) is 3. The number of ether oxygens (including phenoxy) is 1. The van der Waals surface area contributed by atoms with Crippen LogP contribution >= 0.6 is 0 Å².